The Morgan fingerprint density at radius 3 is 2.47 bits per heavy atom. The maximum atomic E-state index is 13.0. The molecule has 0 spiro atoms. The summed E-state index contributed by atoms with van der Waals surface area (Å²) in [5.41, 5.74) is 0.823. The highest BCUT2D eigenvalue weighted by atomic mass is 16.5. The first-order valence-corrected chi connectivity index (χ1v) is 10.2. The Morgan fingerprint density at radius 2 is 1.84 bits per heavy atom. The minimum atomic E-state index is -0.890. The third kappa shape index (κ3) is 4.09. The van der Waals surface area contributed by atoms with Gasteiger partial charge in [-0.05, 0) is 67.9 Å². The van der Waals surface area contributed by atoms with E-state index in [1.807, 2.05) is 13.8 Å². The summed E-state index contributed by atoms with van der Waals surface area (Å²) < 4.78 is 11.0. The van der Waals surface area contributed by atoms with Crippen molar-refractivity contribution >= 4 is 17.4 Å². The summed E-state index contributed by atoms with van der Waals surface area (Å²) in [6, 6.07) is 15.4. The first kappa shape index (κ1) is 21.2. The number of aromatic hydroxyl groups is 1. The van der Waals surface area contributed by atoms with Crippen molar-refractivity contribution < 1.29 is 29.0 Å². The number of amides is 1. The lowest BCUT2D eigenvalue weighted by Crippen LogP contribution is -2.29. The fourth-order valence-electron chi connectivity index (χ4n) is 3.77. The van der Waals surface area contributed by atoms with Crippen LogP contribution in [0.5, 0.6) is 11.5 Å². The molecule has 2 aromatic carbocycles. The van der Waals surface area contributed by atoms with E-state index in [1.165, 1.54) is 23.3 Å². The molecular formula is C25H23NO6. The van der Waals surface area contributed by atoms with E-state index < -0.39 is 17.7 Å². The van der Waals surface area contributed by atoms with E-state index in [0.717, 1.165) is 0 Å². The number of nitrogens with zero attached hydrogens (tertiary/aromatic N) is 1. The molecule has 1 fully saturated rings. The van der Waals surface area contributed by atoms with Crippen LogP contribution in [0.2, 0.25) is 0 Å². The maximum absolute atomic E-state index is 13.0. The third-order valence-corrected chi connectivity index (χ3v) is 5.13. The number of rotatable bonds is 6. The van der Waals surface area contributed by atoms with Crippen molar-refractivity contribution in [2.45, 2.75) is 32.5 Å². The smallest absolute Gasteiger partial charge is 0.296 e. The predicted molar refractivity (Wildman–Crippen MR) is 117 cm³/mol. The molecule has 1 atom stereocenters. The van der Waals surface area contributed by atoms with Gasteiger partial charge >= 0.3 is 0 Å². The summed E-state index contributed by atoms with van der Waals surface area (Å²) in [6.07, 6.45) is 1.47. The van der Waals surface area contributed by atoms with Crippen molar-refractivity contribution in [3.8, 4) is 11.5 Å². The molecule has 7 heteroatoms. The number of benzene rings is 2. The Bertz CT molecular complexity index is 1160. The van der Waals surface area contributed by atoms with Crippen LogP contribution in [0.4, 0.5) is 0 Å². The number of carbonyl (C=O) groups is 2. The number of furan rings is 1. The Kier molecular flexibility index (Phi) is 5.73. The maximum Gasteiger partial charge on any atom is 0.296 e. The van der Waals surface area contributed by atoms with Crippen molar-refractivity contribution in [2.75, 3.05) is 0 Å². The summed E-state index contributed by atoms with van der Waals surface area (Å²) in [6.45, 7) is 3.85. The van der Waals surface area contributed by atoms with E-state index in [2.05, 4.69) is 0 Å². The molecule has 1 aromatic heterocycles. The molecule has 1 unspecified atom stereocenters. The highest BCUT2D eigenvalue weighted by molar-refractivity contribution is 6.46. The highest BCUT2D eigenvalue weighted by Crippen LogP contribution is 2.41. The van der Waals surface area contributed by atoms with Crippen LogP contribution >= 0.6 is 0 Å². The standard InChI is InChI=1S/C25H23NO6/c1-15(2)32-19-10-8-16(9-11-19)23(28)21-22(17-5-3-6-18(27)13-17)26(25(30)24(21)29)14-20-7-4-12-31-20/h3-13,15,22,27-28H,14H2,1-2H3/b23-21-. The molecule has 1 aliphatic rings. The van der Waals surface area contributed by atoms with Gasteiger partial charge in [-0.3, -0.25) is 9.59 Å². The monoisotopic (exact) mass is 433 g/mol. The largest absolute Gasteiger partial charge is 0.508 e. The van der Waals surface area contributed by atoms with Crippen molar-refractivity contribution in [1.82, 2.24) is 4.90 Å². The molecule has 0 bridgehead atoms. The van der Waals surface area contributed by atoms with Crippen LogP contribution in [-0.4, -0.2) is 32.9 Å². The molecule has 2 heterocycles. The minimum absolute atomic E-state index is 0.00729. The molecule has 0 radical (unpaired) electrons. The Hall–Kier alpha value is -4.00. The number of Topliss-reactive ketones (excluding diaryl/α,β-unsaturated/α-hetero) is 1. The molecule has 1 saturated heterocycles. The van der Waals surface area contributed by atoms with Gasteiger partial charge in [-0.1, -0.05) is 12.1 Å². The zero-order valence-electron chi connectivity index (χ0n) is 17.7. The second-order valence-corrected chi connectivity index (χ2v) is 7.79. The number of ketones is 1. The van der Waals surface area contributed by atoms with Crippen LogP contribution < -0.4 is 4.74 Å². The summed E-state index contributed by atoms with van der Waals surface area (Å²) >= 11 is 0. The zero-order valence-corrected chi connectivity index (χ0v) is 17.7. The average Bonchev–Trinajstić information content (AvgIpc) is 3.36. The molecule has 2 N–H and O–H groups in total. The van der Waals surface area contributed by atoms with Gasteiger partial charge in [0.1, 0.15) is 23.0 Å². The van der Waals surface area contributed by atoms with Crippen molar-refractivity contribution in [3.05, 3.63) is 89.4 Å². The Labute approximate surface area is 185 Å². The molecule has 0 aliphatic carbocycles. The van der Waals surface area contributed by atoms with E-state index in [-0.39, 0.29) is 29.7 Å². The molecule has 1 amide bonds. The van der Waals surface area contributed by atoms with E-state index in [1.54, 1.807) is 48.5 Å². The molecule has 164 valence electrons. The lowest BCUT2D eigenvalue weighted by Gasteiger charge is -2.24. The van der Waals surface area contributed by atoms with E-state index >= 15 is 0 Å². The van der Waals surface area contributed by atoms with E-state index in [0.29, 0.717) is 22.6 Å². The van der Waals surface area contributed by atoms with Crippen molar-refractivity contribution in [2.24, 2.45) is 0 Å². The number of aliphatic hydroxyl groups is 1. The lowest BCUT2D eigenvalue weighted by molar-refractivity contribution is -0.140. The van der Waals surface area contributed by atoms with Gasteiger partial charge in [0.25, 0.3) is 11.7 Å². The molecular weight excluding hydrogens is 410 g/mol. The highest BCUT2D eigenvalue weighted by Gasteiger charge is 2.46. The van der Waals surface area contributed by atoms with Gasteiger partial charge in [0.15, 0.2) is 0 Å². The Morgan fingerprint density at radius 1 is 1.09 bits per heavy atom. The van der Waals surface area contributed by atoms with Crippen molar-refractivity contribution in [3.63, 3.8) is 0 Å². The summed E-state index contributed by atoms with van der Waals surface area (Å²) in [4.78, 5) is 27.3. The summed E-state index contributed by atoms with van der Waals surface area (Å²) in [5, 5.41) is 21.1. The van der Waals surface area contributed by atoms with Gasteiger partial charge < -0.3 is 24.3 Å². The lowest BCUT2D eigenvalue weighted by atomic mass is 9.95. The van der Waals surface area contributed by atoms with Gasteiger partial charge in [-0.25, -0.2) is 0 Å². The van der Waals surface area contributed by atoms with Crippen LogP contribution in [-0.2, 0) is 16.1 Å². The molecule has 0 saturated carbocycles. The number of ether oxygens (including phenoxy) is 1. The van der Waals surface area contributed by atoms with Crippen LogP contribution in [0.25, 0.3) is 5.76 Å². The van der Waals surface area contributed by atoms with Crippen LogP contribution in [0.3, 0.4) is 0 Å². The van der Waals surface area contributed by atoms with Gasteiger partial charge in [0.05, 0.1) is 30.5 Å². The fourth-order valence-corrected chi connectivity index (χ4v) is 3.77. The number of likely N-dealkylation sites (tertiary alicyclic amines) is 1. The van der Waals surface area contributed by atoms with Crippen LogP contribution in [0, 0.1) is 0 Å². The predicted octanol–water partition coefficient (Wildman–Crippen LogP) is 4.39. The molecule has 3 aromatic rings. The number of hydrogen-bond acceptors (Lipinski definition) is 6. The van der Waals surface area contributed by atoms with E-state index in [4.69, 9.17) is 9.15 Å². The second-order valence-electron chi connectivity index (χ2n) is 7.79. The first-order chi connectivity index (χ1) is 15.3. The number of aliphatic hydroxyl groups excluding tert-OH is 1. The number of phenolic OH excluding ortho intramolecular Hbond substituents is 1. The van der Waals surface area contributed by atoms with Crippen LogP contribution in [0.1, 0.15) is 36.8 Å². The quantitative estimate of drug-likeness (QED) is 0.340. The zero-order chi connectivity index (χ0) is 22.8. The average molecular weight is 433 g/mol. The van der Waals surface area contributed by atoms with Gasteiger partial charge in [-0.2, -0.15) is 0 Å². The van der Waals surface area contributed by atoms with Crippen molar-refractivity contribution in [1.29, 1.82) is 0 Å². The number of phenols is 1. The van der Waals surface area contributed by atoms with Gasteiger partial charge in [0.2, 0.25) is 0 Å². The fraction of sp³-hybridized carbons (Fsp3) is 0.200. The molecule has 1 aliphatic heterocycles. The second kappa shape index (κ2) is 8.63. The minimum Gasteiger partial charge on any atom is -0.508 e. The normalized spacial score (nSPS) is 17.8. The summed E-state index contributed by atoms with van der Waals surface area (Å²) in [5.74, 6) is -0.747. The third-order valence-electron chi connectivity index (χ3n) is 5.13. The van der Waals surface area contributed by atoms with Gasteiger partial charge in [0, 0.05) is 5.56 Å². The first-order valence-electron chi connectivity index (χ1n) is 10.2. The van der Waals surface area contributed by atoms with Crippen LogP contribution in [0.15, 0.2) is 76.9 Å². The molecule has 4 rings (SSSR count). The Balaban J connectivity index is 1.80. The van der Waals surface area contributed by atoms with Gasteiger partial charge in [-0.15, -0.1) is 0 Å². The summed E-state index contributed by atoms with van der Waals surface area (Å²) in [7, 11) is 0. The number of hydrogen-bond donors (Lipinski definition) is 2. The molecule has 32 heavy (non-hydrogen) atoms. The number of carbonyl (C=O) groups excluding carboxylic acids is 2. The topological polar surface area (TPSA) is 100 Å². The SMILES string of the molecule is CC(C)Oc1ccc(/C(O)=C2/C(=O)C(=O)N(Cc3ccco3)C2c2cccc(O)c2)cc1. The van der Waals surface area contributed by atoms with E-state index in [9.17, 15) is 19.8 Å². The molecule has 7 nitrogen and oxygen atoms in total.